The van der Waals surface area contributed by atoms with Crippen LogP contribution in [-0.2, 0) is 4.79 Å². The summed E-state index contributed by atoms with van der Waals surface area (Å²) in [5, 5.41) is 8.53. The van der Waals surface area contributed by atoms with Gasteiger partial charge >= 0.3 is 5.97 Å². The smallest absolute Gasteiger partial charge is 0.328 e. The molecule has 0 aliphatic heterocycles. The molecule has 0 amide bonds. The highest BCUT2D eigenvalue weighted by Gasteiger charge is 2.07. The maximum Gasteiger partial charge on any atom is 0.328 e. The molecule has 0 aliphatic carbocycles. The van der Waals surface area contributed by atoms with Gasteiger partial charge in [0.15, 0.2) is 0 Å². The van der Waals surface area contributed by atoms with E-state index in [0.29, 0.717) is 5.56 Å². The number of benzene rings is 1. The van der Waals surface area contributed by atoms with Crippen molar-refractivity contribution in [3.05, 3.63) is 52.7 Å². The number of aryl methyl sites for hydroxylation is 1. The van der Waals surface area contributed by atoms with Crippen LogP contribution < -0.4 is 0 Å². The first-order valence-corrected chi connectivity index (χ1v) is 6.15. The molecule has 0 unspecified atom stereocenters. The van der Waals surface area contributed by atoms with Gasteiger partial charge in [-0.25, -0.2) is 9.18 Å². The van der Waals surface area contributed by atoms with Gasteiger partial charge in [-0.1, -0.05) is 12.1 Å². The molecule has 18 heavy (non-hydrogen) atoms. The molecule has 0 atom stereocenters. The summed E-state index contributed by atoms with van der Waals surface area (Å²) in [5.74, 6) is -1.25. The predicted molar refractivity (Wildman–Crippen MR) is 71.1 cm³/mol. The minimum absolute atomic E-state index is 0.259. The fourth-order valence-electron chi connectivity index (χ4n) is 1.56. The number of halogens is 1. The van der Waals surface area contributed by atoms with Crippen molar-refractivity contribution in [3.8, 4) is 10.4 Å². The van der Waals surface area contributed by atoms with Gasteiger partial charge in [-0.2, -0.15) is 0 Å². The van der Waals surface area contributed by atoms with E-state index in [4.69, 9.17) is 5.11 Å². The molecule has 0 bridgehead atoms. The van der Waals surface area contributed by atoms with Gasteiger partial charge in [0.05, 0.1) is 0 Å². The van der Waals surface area contributed by atoms with Gasteiger partial charge < -0.3 is 5.11 Å². The predicted octanol–water partition coefficient (Wildman–Crippen LogP) is 3.96. The van der Waals surface area contributed by atoms with Crippen molar-refractivity contribution in [2.24, 2.45) is 0 Å². The molecule has 1 aromatic carbocycles. The lowest BCUT2D eigenvalue weighted by Crippen LogP contribution is -1.84. The van der Waals surface area contributed by atoms with Crippen LogP contribution in [-0.4, -0.2) is 11.1 Å². The molecule has 2 aromatic rings. The topological polar surface area (TPSA) is 37.3 Å². The number of hydrogen-bond donors (Lipinski definition) is 1. The summed E-state index contributed by atoms with van der Waals surface area (Å²) in [6, 6.07) is 8.65. The molecule has 0 aliphatic rings. The Kier molecular flexibility index (Phi) is 3.58. The Morgan fingerprint density at radius 2 is 2.11 bits per heavy atom. The van der Waals surface area contributed by atoms with Gasteiger partial charge in [0.1, 0.15) is 5.82 Å². The van der Waals surface area contributed by atoms with Crippen LogP contribution in [0.15, 0.2) is 36.4 Å². The van der Waals surface area contributed by atoms with Crippen molar-refractivity contribution in [1.29, 1.82) is 0 Å². The average Bonchev–Trinajstić information content (AvgIpc) is 2.75. The van der Waals surface area contributed by atoms with Crippen LogP contribution in [0.5, 0.6) is 0 Å². The standard InChI is InChI=1S/C14H11FO2S/c1-9-2-5-11(12(15)8-9)13-6-3-10(18-13)4-7-14(16)17/h2-8H,1H3,(H,16,17)/b7-4+. The first-order valence-electron chi connectivity index (χ1n) is 5.33. The fourth-order valence-corrected chi connectivity index (χ4v) is 2.50. The van der Waals surface area contributed by atoms with Crippen LogP contribution in [0.3, 0.4) is 0 Å². The van der Waals surface area contributed by atoms with Crippen LogP contribution in [0.4, 0.5) is 4.39 Å². The second-order valence-electron chi connectivity index (χ2n) is 3.86. The third kappa shape index (κ3) is 2.84. The molecule has 4 heteroatoms. The molecular weight excluding hydrogens is 251 g/mol. The number of hydrogen-bond acceptors (Lipinski definition) is 2. The Hall–Kier alpha value is -1.94. The summed E-state index contributed by atoms with van der Waals surface area (Å²) in [6.45, 7) is 1.84. The molecule has 0 fully saturated rings. The Morgan fingerprint density at radius 1 is 1.33 bits per heavy atom. The summed E-state index contributed by atoms with van der Waals surface area (Å²) in [7, 11) is 0. The Morgan fingerprint density at radius 3 is 2.78 bits per heavy atom. The van der Waals surface area contributed by atoms with Gasteiger partial charge in [-0.15, -0.1) is 11.3 Å². The molecule has 0 saturated heterocycles. The largest absolute Gasteiger partial charge is 0.478 e. The highest BCUT2D eigenvalue weighted by molar-refractivity contribution is 7.16. The van der Waals surface area contributed by atoms with Gasteiger partial charge in [-0.05, 0) is 36.8 Å². The number of rotatable bonds is 3. The van der Waals surface area contributed by atoms with E-state index >= 15 is 0 Å². The summed E-state index contributed by atoms with van der Waals surface area (Å²) >= 11 is 1.36. The van der Waals surface area contributed by atoms with Crippen molar-refractivity contribution in [3.63, 3.8) is 0 Å². The van der Waals surface area contributed by atoms with E-state index in [2.05, 4.69) is 0 Å². The maximum atomic E-state index is 13.8. The molecule has 2 rings (SSSR count). The number of aliphatic carboxylic acids is 1. The van der Waals surface area contributed by atoms with Crippen LogP contribution in [0.1, 0.15) is 10.4 Å². The first-order chi connectivity index (χ1) is 8.56. The second kappa shape index (κ2) is 5.14. The van der Waals surface area contributed by atoms with Crippen molar-refractivity contribution >= 4 is 23.4 Å². The Labute approximate surface area is 108 Å². The van der Waals surface area contributed by atoms with Crippen molar-refractivity contribution in [2.45, 2.75) is 6.92 Å². The second-order valence-corrected chi connectivity index (χ2v) is 4.97. The lowest BCUT2D eigenvalue weighted by atomic mass is 10.1. The number of thiophene rings is 1. The van der Waals surface area contributed by atoms with Crippen molar-refractivity contribution < 1.29 is 14.3 Å². The number of carbonyl (C=O) groups is 1. The Bertz CT molecular complexity index is 614. The first kappa shape index (κ1) is 12.5. The molecule has 0 saturated carbocycles. The third-order valence-electron chi connectivity index (χ3n) is 2.41. The normalized spacial score (nSPS) is 11.0. The summed E-state index contributed by atoms with van der Waals surface area (Å²) in [6.07, 6.45) is 2.57. The van der Waals surface area contributed by atoms with Gasteiger partial charge in [0.25, 0.3) is 0 Å². The Balaban J connectivity index is 2.32. The highest BCUT2D eigenvalue weighted by atomic mass is 32.1. The fraction of sp³-hybridized carbons (Fsp3) is 0.0714. The summed E-state index contributed by atoms with van der Waals surface area (Å²) in [5.41, 5.74) is 1.42. The van der Waals surface area contributed by atoms with Gasteiger partial charge in [0, 0.05) is 21.4 Å². The summed E-state index contributed by atoms with van der Waals surface area (Å²) in [4.78, 5) is 12.0. The van der Waals surface area contributed by atoms with Crippen LogP contribution in [0.2, 0.25) is 0 Å². The van der Waals surface area contributed by atoms with E-state index in [9.17, 15) is 9.18 Å². The van der Waals surface area contributed by atoms with Crippen LogP contribution in [0, 0.1) is 12.7 Å². The van der Waals surface area contributed by atoms with E-state index in [1.807, 2.05) is 13.0 Å². The van der Waals surface area contributed by atoms with Gasteiger partial charge in [-0.3, -0.25) is 0 Å². The SMILES string of the molecule is Cc1ccc(-c2ccc(/C=C/C(=O)O)s2)c(F)c1. The monoisotopic (exact) mass is 262 g/mol. The zero-order chi connectivity index (χ0) is 13.1. The van der Waals surface area contributed by atoms with Crippen molar-refractivity contribution in [1.82, 2.24) is 0 Å². The van der Waals surface area contributed by atoms with Crippen LogP contribution >= 0.6 is 11.3 Å². The minimum Gasteiger partial charge on any atom is -0.478 e. The lowest BCUT2D eigenvalue weighted by molar-refractivity contribution is -0.131. The quantitative estimate of drug-likeness (QED) is 0.850. The lowest BCUT2D eigenvalue weighted by Gasteiger charge is -2.00. The molecule has 92 valence electrons. The molecule has 0 radical (unpaired) electrons. The molecule has 1 heterocycles. The van der Waals surface area contributed by atoms with E-state index in [-0.39, 0.29) is 5.82 Å². The zero-order valence-electron chi connectivity index (χ0n) is 9.68. The summed E-state index contributed by atoms with van der Waals surface area (Å²) < 4.78 is 13.8. The molecular formula is C14H11FO2S. The third-order valence-corrected chi connectivity index (χ3v) is 3.49. The van der Waals surface area contributed by atoms with E-state index in [0.717, 1.165) is 21.4 Å². The van der Waals surface area contributed by atoms with E-state index in [1.54, 1.807) is 18.2 Å². The number of carboxylic acid groups (broad SMARTS) is 1. The van der Waals surface area contributed by atoms with E-state index < -0.39 is 5.97 Å². The molecule has 1 aromatic heterocycles. The molecule has 1 N–H and O–H groups in total. The van der Waals surface area contributed by atoms with Crippen molar-refractivity contribution in [2.75, 3.05) is 0 Å². The molecule has 2 nitrogen and oxygen atoms in total. The zero-order valence-corrected chi connectivity index (χ0v) is 10.5. The van der Waals surface area contributed by atoms with Crippen LogP contribution in [0.25, 0.3) is 16.5 Å². The van der Waals surface area contributed by atoms with E-state index in [1.165, 1.54) is 23.5 Å². The average molecular weight is 262 g/mol. The van der Waals surface area contributed by atoms with Gasteiger partial charge in [0.2, 0.25) is 0 Å². The molecule has 0 spiro atoms. The highest BCUT2D eigenvalue weighted by Crippen LogP contribution is 2.31. The maximum absolute atomic E-state index is 13.8. The number of carboxylic acids is 1. The minimum atomic E-state index is -0.994.